The summed E-state index contributed by atoms with van der Waals surface area (Å²) < 4.78 is 36.2. The van der Waals surface area contributed by atoms with Crippen LogP contribution in [0, 0.1) is 0 Å². The Morgan fingerprint density at radius 1 is 1.39 bits per heavy atom. The van der Waals surface area contributed by atoms with E-state index in [-0.39, 0.29) is 12.1 Å². The van der Waals surface area contributed by atoms with Crippen molar-refractivity contribution in [2.24, 2.45) is 5.84 Å². The first kappa shape index (κ1) is 14.3. The van der Waals surface area contributed by atoms with Gasteiger partial charge in [0, 0.05) is 13.6 Å². The third-order valence-electron chi connectivity index (χ3n) is 2.39. The van der Waals surface area contributed by atoms with Crippen molar-refractivity contribution >= 4 is 11.6 Å². The fraction of sp³-hybridized carbons (Fsp3) is 0.364. The number of hydrazine groups is 1. The molecule has 0 saturated heterocycles. The van der Waals surface area contributed by atoms with Crippen molar-refractivity contribution in [2.45, 2.75) is 12.6 Å². The number of para-hydroxylation sites is 1. The molecular formula is C11H14F3N3O. The fourth-order valence-corrected chi connectivity index (χ4v) is 1.40. The van der Waals surface area contributed by atoms with E-state index in [9.17, 15) is 18.0 Å². The van der Waals surface area contributed by atoms with E-state index in [0.29, 0.717) is 5.69 Å². The number of rotatable bonds is 4. The summed E-state index contributed by atoms with van der Waals surface area (Å²) in [5, 5.41) is 0. The lowest BCUT2D eigenvalue weighted by Gasteiger charge is -2.19. The number of nitrogens with one attached hydrogen (secondary N) is 1. The molecule has 3 N–H and O–H groups in total. The Morgan fingerprint density at radius 3 is 2.56 bits per heavy atom. The molecule has 4 nitrogen and oxygen atoms in total. The number of benzene rings is 1. The quantitative estimate of drug-likeness (QED) is 0.643. The summed E-state index contributed by atoms with van der Waals surface area (Å²) in [5.41, 5.74) is 2.95. The van der Waals surface area contributed by atoms with Crippen molar-refractivity contribution in [1.29, 1.82) is 0 Å². The molecule has 0 bridgehead atoms. The minimum absolute atomic E-state index is 0.240. The van der Waals surface area contributed by atoms with Crippen LogP contribution in [-0.4, -0.2) is 30.6 Å². The van der Waals surface area contributed by atoms with E-state index in [1.54, 1.807) is 18.2 Å². The summed E-state index contributed by atoms with van der Waals surface area (Å²) in [6.45, 7) is -0.388. The van der Waals surface area contributed by atoms with Crippen molar-refractivity contribution in [3.8, 4) is 0 Å². The van der Waals surface area contributed by atoms with Gasteiger partial charge in [0.1, 0.15) is 0 Å². The second kappa shape index (κ2) is 5.72. The predicted molar refractivity (Wildman–Crippen MR) is 61.9 cm³/mol. The highest BCUT2D eigenvalue weighted by Crippen LogP contribution is 2.21. The van der Waals surface area contributed by atoms with Crippen molar-refractivity contribution < 1.29 is 18.0 Å². The molecule has 18 heavy (non-hydrogen) atoms. The van der Waals surface area contributed by atoms with Crippen LogP contribution in [0.25, 0.3) is 0 Å². The first-order valence-corrected chi connectivity index (χ1v) is 5.23. The molecule has 0 radical (unpaired) electrons. The standard InChI is InChI=1S/C11H14F3N3O/c1-17(7-6-11(12,13)14)10(18)8-4-2-3-5-9(8)16-15/h2-5,16H,6-7,15H2,1H3. The van der Waals surface area contributed by atoms with Crippen LogP contribution in [-0.2, 0) is 0 Å². The van der Waals surface area contributed by atoms with E-state index in [0.717, 1.165) is 4.90 Å². The lowest BCUT2D eigenvalue weighted by atomic mass is 10.1. The van der Waals surface area contributed by atoms with Gasteiger partial charge in [0.15, 0.2) is 0 Å². The van der Waals surface area contributed by atoms with Crippen molar-refractivity contribution in [1.82, 2.24) is 4.90 Å². The summed E-state index contributed by atoms with van der Waals surface area (Å²) in [6.07, 6.45) is -5.31. The number of nitrogen functional groups attached to an aromatic ring is 1. The van der Waals surface area contributed by atoms with Gasteiger partial charge in [-0.1, -0.05) is 12.1 Å². The monoisotopic (exact) mass is 261 g/mol. The zero-order valence-corrected chi connectivity index (χ0v) is 9.79. The normalized spacial score (nSPS) is 11.2. The van der Waals surface area contributed by atoms with E-state index in [1.807, 2.05) is 0 Å². The molecule has 0 aliphatic carbocycles. The molecule has 0 unspecified atom stereocenters. The van der Waals surface area contributed by atoms with Crippen LogP contribution in [0.15, 0.2) is 24.3 Å². The van der Waals surface area contributed by atoms with Crippen LogP contribution in [0.5, 0.6) is 0 Å². The van der Waals surface area contributed by atoms with Crippen molar-refractivity contribution in [3.63, 3.8) is 0 Å². The molecular weight excluding hydrogens is 247 g/mol. The second-order valence-corrected chi connectivity index (χ2v) is 3.78. The summed E-state index contributed by atoms with van der Waals surface area (Å²) in [5.74, 6) is 4.72. The number of halogens is 3. The number of carbonyl (C=O) groups excluding carboxylic acids is 1. The maximum atomic E-state index is 12.1. The van der Waals surface area contributed by atoms with Gasteiger partial charge >= 0.3 is 6.18 Å². The molecule has 0 atom stereocenters. The minimum atomic E-state index is -4.28. The average Bonchev–Trinajstić information content (AvgIpc) is 2.34. The molecule has 0 aliphatic heterocycles. The third kappa shape index (κ3) is 3.92. The van der Waals surface area contributed by atoms with E-state index in [2.05, 4.69) is 5.43 Å². The highest BCUT2D eigenvalue weighted by Gasteiger charge is 2.28. The Kier molecular flexibility index (Phi) is 4.55. The van der Waals surface area contributed by atoms with Crippen LogP contribution >= 0.6 is 0 Å². The van der Waals surface area contributed by atoms with Crippen LogP contribution in [0.3, 0.4) is 0 Å². The van der Waals surface area contributed by atoms with Crippen LogP contribution in [0.2, 0.25) is 0 Å². The lowest BCUT2D eigenvalue weighted by molar-refractivity contribution is -0.136. The molecule has 1 aromatic rings. The van der Waals surface area contributed by atoms with E-state index in [4.69, 9.17) is 5.84 Å². The smallest absolute Gasteiger partial charge is 0.341 e. The van der Waals surface area contributed by atoms with Gasteiger partial charge in [-0.25, -0.2) is 0 Å². The largest absolute Gasteiger partial charge is 0.390 e. The van der Waals surface area contributed by atoms with Gasteiger partial charge in [0.05, 0.1) is 17.7 Å². The Balaban J connectivity index is 2.74. The van der Waals surface area contributed by atoms with Gasteiger partial charge in [-0.05, 0) is 12.1 Å². The number of nitrogens with zero attached hydrogens (tertiary/aromatic N) is 1. The first-order chi connectivity index (χ1) is 8.35. The number of amides is 1. The maximum absolute atomic E-state index is 12.1. The van der Waals surface area contributed by atoms with Gasteiger partial charge < -0.3 is 10.3 Å². The van der Waals surface area contributed by atoms with Crippen LogP contribution < -0.4 is 11.3 Å². The number of hydrogen-bond donors (Lipinski definition) is 2. The molecule has 0 fully saturated rings. The molecule has 0 saturated carbocycles. The molecule has 0 heterocycles. The minimum Gasteiger partial charge on any atom is -0.341 e. The summed E-state index contributed by atoms with van der Waals surface area (Å²) in [4.78, 5) is 12.9. The topological polar surface area (TPSA) is 58.4 Å². The number of carbonyl (C=O) groups is 1. The van der Waals surface area contributed by atoms with Crippen molar-refractivity contribution in [3.05, 3.63) is 29.8 Å². The SMILES string of the molecule is CN(CCC(F)(F)F)C(=O)c1ccccc1NN. The summed E-state index contributed by atoms with van der Waals surface area (Å²) >= 11 is 0. The Morgan fingerprint density at radius 2 is 2.00 bits per heavy atom. The van der Waals surface area contributed by atoms with Gasteiger partial charge in [0.25, 0.3) is 5.91 Å². The predicted octanol–water partition coefficient (Wildman–Crippen LogP) is 2.00. The van der Waals surface area contributed by atoms with Crippen LogP contribution in [0.4, 0.5) is 18.9 Å². The number of hydrogen-bond acceptors (Lipinski definition) is 3. The zero-order chi connectivity index (χ0) is 13.8. The van der Waals surface area contributed by atoms with Crippen molar-refractivity contribution in [2.75, 3.05) is 19.0 Å². The van der Waals surface area contributed by atoms with Gasteiger partial charge in [-0.2, -0.15) is 13.2 Å². The molecule has 0 spiro atoms. The molecule has 7 heteroatoms. The summed E-state index contributed by atoms with van der Waals surface area (Å²) in [7, 11) is 1.32. The average molecular weight is 261 g/mol. The van der Waals surface area contributed by atoms with Crippen LogP contribution in [0.1, 0.15) is 16.8 Å². The van der Waals surface area contributed by atoms with E-state index in [1.165, 1.54) is 13.1 Å². The maximum Gasteiger partial charge on any atom is 0.390 e. The number of alkyl halides is 3. The Bertz CT molecular complexity index is 420. The summed E-state index contributed by atoms with van der Waals surface area (Å²) in [6, 6.07) is 6.36. The molecule has 0 aliphatic rings. The second-order valence-electron chi connectivity index (χ2n) is 3.78. The van der Waals surface area contributed by atoms with Gasteiger partial charge in [-0.3, -0.25) is 10.6 Å². The number of nitrogens with two attached hydrogens (primary N) is 1. The zero-order valence-electron chi connectivity index (χ0n) is 9.79. The molecule has 1 amide bonds. The molecule has 100 valence electrons. The van der Waals surface area contributed by atoms with E-state index < -0.39 is 18.5 Å². The van der Waals surface area contributed by atoms with E-state index >= 15 is 0 Å². The molecule has 1 aromatic carbocycles. The number of anilines is 1. The Hall–Kier alpha value is -1.76. The molecule has 0 aromatic heterocycles. The third-order valence-corrected chi connectivity index (χ3v) is 2.39. The van der Waals surface area contributed by atoms with Gasteiger partial charge in [0.2, 0.25) is 0 Å². The molecule has 1 rings (SSSR count). The highest BCUT2D eigenvalue weighted by molar-refractivity contribution is 5.99. The Labute approximate surface area is 103 Å². The fourth-order valence-electron chi connectivity index (χ4n) is 1.40. The lowest BCUT2D eigenvalue weighted by Crippen LogP contribution is -2.31. The van der Waals surface area contributed by atoms with Gasteiger partial charge in [-0.15, -0.1) is 0 Å². The highest BCUT2D eigenvalue weighted by atomic mass is 19.4. The first-order valence-electron chi connectivity index (χ1n) is 5.23.